The van der Waals surface area contributed by atoms with Gasteiger partial charge in [0, 0.05) is 23.1 Å². The van der Waals surface area contributed by atoms with Crippen molar-refractivity contribution in [1.82, 2.24) is 19.6 Å². The topological polar surface area (TPSA) is 81.1 Å². The molecule has 0 aliphatic heterocycles. The van der Waals surface area contributed by atoms with Crippen LogP contribution in [0.4, 0.5) is 17.5 Å². The fourth-order valence-electron chi connectivity index (χ4n) is 1.60. The average molecular weight is 261 g/mol. The molecule has 0 aliphatic rings. The highest BCUT2D eigenvalue weighted by Crippen LogP contribution is 2.20. The minimum Gasteiger partial charge on any atom is -0.368 e. The molecule has 0 saturated carbocycles. The lowest BCUT2D eigenvalue weighted by Gasteiger charge is -2.06. The number of rotatable bonds is 2. The van der Waals surface area contributed by atoms with Crippen LogP contribution in [0.5, 0.6) is 0 Å². The molecule has 7 heteroatoms. The molecule has 0 bridgehead atoms. The lowest BCUT2D eigenvalue weighted by atomic mass is 10.3. The van der Waals surface area contributed by atoms with Gasteiger partial charge in [0.25, 0.3) is 0 Å². The van der Waals surface area contributed by atoms with Crippen molar-refractivity contribution in [3.8, 4) is 0 Å². The summed E-state index contributed by atoms with van der Waals surface area (Å²) < 4.78 is 1.66. The van der Waals surface area contributed by atoms with E-state index in [1.807, 2.05) is 12.1 Å². The minimum absolute atomic E-state index is 0.326. The third-order valence-corrected chi connectivity index (χ3v) is 2.71. The molecule has 3 N–H and O–H groups in total. The molecule has 0 radical (unpaired) electrons. The lowest BCUT2D eigenvalue weighted by molar-refractivity contribution is 1.12. The number of nitrogens with two attached hydrogens (primary N) is 1. The van der Waals surface area contributed by atoms with E-state index in [1.54, 1.807) is 28.9 Å². The van der Waals surface area contributed by atoms with E-state index >= 15 is 0 Å². The van der Waals surface area contributed by atoms with E-state index in [4.69, 9.17) is 17.3 Å². The maximum Gasteiger partial charge on any atom is 0.226 e. The standard InChI is InChI=1S/C11H9ClN6/c12-7-1-3-8(4-2-7)15-9-10-16-17-11(13)18(10)6-5-14-9/h1-6H,(H2,13,17)(H,14,15). The number of aromatic nitrogens is 4. The summed E-state index contributed by atoms with van der Waals surface area (Å²) in [5.74, 6) is 0.913. The number of hydrogen-bond acceptors (Lipinski definition) is 5. The lowest BCUT2D eigenvalue weighted by Crippen LogP contribution is -1.99. The van der Waals surface area contributed by atoms with Gasteiger partial charge >= 0.3 is 0 Å². The van der Waals surface area contributed by atoms with Crippen molar-refractivity contribution in [2.75, 3.05) is 11.1 Å². The first kappa shape index (κ1) is 10.8. The number of halogens is 1. The molecule has 0 unspecified atom stereocenters. The van der Waals surface area contributed by atoms with Gasteiger partial charge in [-0.1, -0.05) is 11.6 Å². The third kappa shape index (κ3) is 1.82. The smallest absolute Gasteiger partial charge is 0.226 e. The average Bonchev–Trinajstić information content (AvgIpc) is 2.76. The highest BCUT2D eigenvalue weighted by molar-refractivity contribution is 6.30. The molecule has 3 rings (SSSR count). The van der Waals surface area contributed by atoms with Gasteiger partial charge in [-0.2, -0.15) is 0 Å². The van der Waals surface area contributed by atoms with Crippen LogP contribution in [0, 0.1) is 0 Å². The van der Waals surface area contributed by atoms with Gasteiger partial charge in [-0.05, 0) is 24.3 Å². The van der Waals surface area contributed by atoms with Gasteiger partial charge in [0.15, 0.2) is 5.82 Å². The van der Waals surface area contributed by atoms with Crippen molar-refractivity contribution in [1.29, 1.82) is 0 Å². The molecular weight excluding hydrogens is 252 g/mol. The van der Waals surface area contributed by atoms with Crippen molar-refractivity contribution in [2.45, 2.75) is 0 Å². The molecule has 2 heterocycles. The first-order valence-corrected chi connectivity index (χ1v) is 5.59. The van der Waals surface area contributed by atoms with Crippen LogP contribution in [0.15, 0.2) is 36.7 Å². The van der Waals surface area contributed by atoms with Crippen LogP contribution in [0.2, 0.25) is 5.02 Å². The maximum absolute atomic E-state index is 5.83. The van der Waals surface area contributed by atoms with Crippen LogP contribution < -0.4 is 11.1 Å². The van der Waals surface area contributed by atoms with Crippen molar-refractivity contribution in [3.63, 3.8) is 0 Å². The Hall–Kier alpha value is -2.34. The zero-order valence-corrected chi connectivity index (χ0v) is 9.96. The second kappa shape index (κ2) is 4.15. The molecule has 1 aromatic carbocycles. The van der Waals surface area contributed by atoms with Gasteiger partial charge in [0.1, 0.15) is 0 Å². The predicted octanol–water partition coefficient (Wildman–Crippen LogP) is 2.10. The van der Waals surface area contributed by atoms with Crippen LogP contribution in [-0.4, -0.2) is 19.6 Å². The fraction of sp³-hybridized carbons (Fsp3) is 0. The fourth-order valence-corrected chi connectivity index (χ4v) is 1.73. The molecule has 0 atom stereocenters. The molecule has 18 heavy (non-hydrogen) atoms. The van der Waals surface area contributed by atoms with Crippen LogP contribution in [-0.2, 0) is 0 Å². The second-order valence-corrected chi connectivity index (χ2v) is 4.10. The maximum atomic E-state index is 5.83. The number of hydrogen-bond donors (Lipinski definition) is 2. The van der Waals surface area contributed by atoms with Gasteiger partial charge in [0.2, 0.25) is 11.6 Å². The van der Waals surface area contributed by atoms with Gasteiger partial charge in [-0.25, -0.2) is 4.98 Å². The Labute approximate surface area is 107 Å². The van der Waals surface area contributed by atoms with E-state index in [-0.39, 0.29) is 0 Å². The molecule has 6 nitrogen and oxygen atoms in total. The number of benzene rings is 1. The van der Waals surface area contributed by atoms with Gasteiger partial charge in [-0.3, -0.25) is 4.40 Å². The van der Waals surface area contributed by atoms with Crippen molar-refractivity contribution in [2.24, 2.45) is 0 Å². The van der Waals surface area contributed by atoms with Gasteiger partial charge in [-0.15, -0.1) is 10.2 Å². The first-order chi connectivity index (χ1) is 8.74. The Kier molecular flexibility index (Phi) is 2.49. The van der Waals surface area contributed by atoms with Crippen molar-refractivity contribution < 1.29 is 0 Å². The molecule has 90 valence electrons. The molecular formula is C11H9ClN6. The van der Waals surface area contributed by atoms with Crippen molar-refractivity contribution in [3.05, 3.63) is 41.7 Å². The van der Waals surface area contributed by atoms with Gasteiger partial charge in [0.05, 0.1) is 0 Å². The summed E-state index contributed by atoms with van der Waals surface area (Å²) in [7, 11) is 0. The first-order valence-electron chi connectivity index (χ1n) is 5.22. The Morgan fingerprint density at radius 3 is 2.72 bits per heavy atom. The van der Waals surface area contributed by atoms with Crippen LogP contribution >= 0.6 is 11.6 Å². The summed E-state index contributed by atoms with van der Waals surface area (Å²) in [6.07, 6.45) is 3.34. The molecule has 2 aromatic heterocycles. The molecule has 0 amide bonds. The SMILES string of the molecule is Nc1nnc2c(Nc3ccc(Cl)cc3)nccn12. The van der Waals surface area contributed by atoms with Crippen LogP contribution in [0.25, 0.3) is 5.65 Å². The summed E-state index contributed by atoms with van der Waals surface area (Å²) in [6.45, 7) is 0. The van der Waals surface area contributed by atoms with E-state index in [1.165, 1.54) is 0 Å². The minimum atomic E-state index is 0.326. The predicted molar refractivity (Wildman–Crippen MR) is 69.9 cm³/mol. The van der Waals surface area contributed by atoms with Crippen LogP contribution in [0.3, 0.4) is 0 Å². The van der Waals surface area contributed by atoms with Gasteiger partial charge < -0.3 is 11.1 Å². The summed E-state index contributed by atoms with van der Waals surface area (Å²) in [6, 6.07) is 7.30. The molecule has 0 spiro atoms. The highest BCUT2D eigenvalue weighted by Gasteiger charge is 2.07. The Balaban J connectivity index is 2.02. The number of fused-ring (bicyclic) bond motifs is 1. The second-order valence-electron chi connectivity index (χ2n) is 3.66. The number of nitrogen functional groups attached to an aromatic ring is 1. The zero-order valence-electron chi connectivity index (χ0n) is 9.21. The monoisotopic (exact) mass is 260 g/mol. The summed E-state index contributed by atoms with van der Waals surface area (Å²) in [4.78, 5) is 4.21. The van der Waals surface area contributed by atoms with E-state index in [2.05, 4.69) is 20.5 Å². The van der Waals surface area contributed by atoms with E-state index in [0.29, 0.717) is 22.4 Å². The Morgan fingerprint density at radius 1 is 1.17 bits per heavy atom. The summed E-state index contributed by atoms with van der Waals surface area (Å²) >= 11 is 5.83. The van der Waals surface area contributed by atoms with E-state index < -0.39 is 0 Å². The molecule has 3 aromatic rings. The zero-order chi connectivity index (χ0) is 12.5. The largest absolute Gasteiger partial charge is 0.368 e. The number of nitrogens with one attached hydrogen (secondary N) is 1. The van der Waals surface area contributed by atoms with Crippen molar-refractivity contribution >= 4 is 34.7 Å². The third-order valence-electron chi connectivity index (χ3n) is 2.46. The summed E-state index contributed by atoms with van der Waals surface area (Å²) in [5, 5.41) is 11.6. The molecule has 0 aliphatic carbocycles. The molecule has 0 saturated heterocycles. The Bertz CT molecular complexity index is 690. The molecule has 0 fully saturated rings. The van der Waals surface area contributed by atoms with Crippen LogP contribution in [0.1, 0.15) is 0 Å². The number of anilines is 3. The number of nitrogens with zero attached hydrogens (tertiary/aromatic N) is 4. The van der Waals surface area contributed by atoms with E-state index in [9.17, 15) is 0 Å². The highest BCUT2D eigenvalue weighted by atomic mass is 35.5. The van der Waals surface area contributed by atoms with E-state index in [0.717, 1.165) is 5.69 Å². The Morgan fingerprint density at radius 2 is 1.94 bits per heavy atom. The summed E-state index contributed by atoms with van der Waals surface area (Å²) in [5.41, 5.74) is 7.11. The normalized spacial score (nSPS) is 10.7. The quantitative estimate of drug-likeness (QED) is 0.737.